The van der Waals surface area contributed by atoms with Crippen molar-refractivity contribution in [2.45, 2.75) is 51.0 Å². The predicted molar refractivity (Wildman–Crippen MR) is 76.4 cm³/mol. The van der Waals surface area contributed by atoms with Gasteiger partial charge in [-0.1, -0.05) is 12.2 Å². The third-order valence-electron chi connectivity index (χ3n) is 4.35. The highest BCUT2D eigenvalue weighted by Gasteiger charge is 2.26. The molecule has 1 fully saturated rings. The van der Waals surface area contributed by atoms with Crippen molar-refractivity contribution in [2.24, 2.45) is 11.8 Å². The van der Waals surface area contributed by atoms with Crippen LogP contribution in [0.2, 0.25) is 0 Å². The van der Waals surface area contributed by atoms with E-state index in [1.54, 1.807) is 0 Å². The molecule has 2 aliphatic rings. The standard InChI is InChI=1S/C15H24N2O3/c18-14(19)12-8-6-11(7-9-12)10-16-15(20)17-13-4-2-1-3-5-13/h1-2,11-13H,3-10H2,(H,18,19)(H2,16,17,20). The van der Waals surface area contributed by atoms with Gasteiger partial charge in [-0.05, 0) is 50.9 Å². The Morgan fingerprint density at radius 1 is 1.10 bits per heavy atom. The van der Waals surface area contributed by atoms with E-state index >= 15 is 0 Å². The van der Waals surface area contributed by atoms with Gasteiger partial charge in [0.05, 0.1) is 5.92 Å². The normalized spacial score (nSPS) is 29.7. The zero-order chi connectivity index (χ0) is 14.4. The Bertz CT molecular complexity index is 373. The molecule has 1 unspecified atom stereocenters. The van der Waals surface area contributed by atoms with E-state index in [2.05, 4.69) is 22.8 Å². The lowest BCUT2D eigenvalue weighted by molar-refractivity contribution is -0.143. The molecule has 0 radical (unpaired) electrons. The van der Waals surface area contributed by atoms with Crippen LogP contribution in [-0.2, 0) is 4.79 Å². The molecule has 5 heteroatoms. The minimum absolute atomic E-state index is 0.0920. The fourth-order valence-corrected chi connectivity index (χ4v) is 3.01. The first kappa shape index (κ1) is 14.9. The number of hydrogen-bond acceptors (Lipinski definition) is 2. The van der Waals surface area contributed by atoms with Crippen molar-refractivity contribution in [1.29, 1.82) is 0 Å². The number of rotatable bonds is 4. The van der Waals surface area contributed by atoms with Crippen LogP contribution in [0.4, 0.5) is 4.79 Å². The average Bonchev–Trinajstić information content (AvgIpc) is 2.46. The van der Waals surface area contributed by atoms with Gasteiger partial charge in [0, 0.05) is 12.6 Å². The van der Waals surface area contributed by atoms with Gasteiger partial charge in [-0.3, -0.25) is 4.79 Å². The largest absolute Gasteiger partial charge is 0.481 e. The van der Waals surface area contributed by atoms with Gasteiger partial charge in [0.2, 0.25) is 0 Å². The minimum Gasteiger partial charge on any atom is -0.481 e. The second-order valence-electron chi connectivity index (χ2n) is 5.89. The molecule has 2 rings (SSSR count). The summed E-state index contributed by atoms with van der Waals surface area (Å²) in [7, 11) is 0. The summed E-state index contributed by atoms with van der Waals surface area (Å²) in [6.45, 7) is 0.654. The minimum atomic E-state index is -0.681. The van der Waals surface area contributed by atoms with E-state index in [4.69, 9.17) is 5.11 Å². The van der Waals surface area contributed by atoms with Crippen molar-refractivity contribution in [1.82, 2.24) is 10.6 Å². The highest BCUT2D eigenvalue weighted by atomic mass is 16.4. The quantitative estimate of drug-likeness (QED) is 0.691. The van der Waals surface area contributed by atoms with Gasteiger partial charge in [-0.15, -0.1) is 0 Å². The number of hydrogen-bond donors (Lipinski definition) is 3. The Hall–Kier alpha value is -1.52. The van der Waals surface area contributed by atoms with Crippen molar-refractivity contribution in [3.63, 3.8) is 0 Å². The van der Waals surface area contributed by atoms with Crippen LogP contribution in [0.5, 0.6) is 0 Å². The maximum absolute atomic E-state index is 11.8. The van der Waals surface area contributed by atoms with E-state index in [0.717, 1.165) is 44.9 Å². The smallest absolute Gasteiger partial charge is 0.315 e. The van der Waals surface area contributed by atoms with Crippen LogP contribution < -0.4 is 10.6 Å². The van der Waals surface area contributed by atoms with Gasteiger partial charge in [-0.2, -0.15) is 0 Å². The number of carboxylic acid groups (broad SMARTS) is 1. The second-order valence-corrected chi connectivity index (χ2v) is 5.89. The van der Waals surface area contributed by atoms with Crippen molar-refractivity contribution in [3.05, 3.63) is 12.2 Å². The number of carboxylic acids is 1. The van der Waals surface area contributed by atoms with Gasteiger partial charge < -0.3 is 15.7 Å². The first-order valence-corrected chi connectivity index (χ1v) is 7.57. The van der Waals surface area contributed by atoms with Crippen LogP contribution in [0.1, 0.15) is 44.9 Å². The number of carbonyl (C=O) groups excluding carboxylic acids is 1. The van der Waals surface area contributed by atoms with Crippen LogP contribution in [0.15, 0.2) is 12.2 Å². The lowest BCUT2D eigenvalue weighted by Crippen LogP contribution is -2.44. The van der Waals surface area contributed by atoms with Crippen LogP contribution in [0.25, 0.3) is 0 Å². The Kier molecular flexibility index (Phi) is 5.44. The second kappa shape index (κ2) is 7.31. The Morgan fingerprint density at radius 2 is 1.85 bits per heavy atom. The molecule has 5 nitrogen and oxygen atoms in total. The molecular formula is C15H24N2O3. The van der Waals surface area contributed by atoms with E-state index in [-0.39, 0.29) is 18.0 Å². The predicted octanol–water partition coefficient (Wildman–Crippen LogP) is 2.29. The molecule has 0 aromatic carbocycles. The van der Waals surface area contributed by atoms with Crippen LogP contribution in [0.3, 0.4) is 0 Å². The summed E-state index contributed by atoms with van der Waals surface area (Å²) >= 11 is 0. The summed E-state index contributed by atoms with van der Waals surface area (Å²) in [6, 6.07) is 0.161. The van der Waals surface area contributed by atoms with E-state index in [0.29, 0.717) is 12.5 Å². The number of amides is 2. The van der Waals surface area contributed by atoms with E-state index in [9.17, 15) is 9.59 Å². The molecule has 0 aromatic rings. The maximum Gasteiger partial charge on any atom is 0.315 e. The lowest BCUT2D eigenvalue weighted by Gasteiger charge is -2.26. The van der Waals surface area contributed by atoms with E-state index in [1.807, 2.05) is 0 Å². The van der Waals surface area contributed by atoms with Crippen LogP contribution >= 0.6 is 0 Å². The molecular weight excluding hydrogens is 256 g/mol. The lowest BCUT2D eigenvalue weighted by atomic mass is 9.82. The molecule has 0 spiro atoms. The number of aliphatic carboxylic acids is 1. The third-order valence-corrected chi connectivity index (χ3v) is 4.35. The van der Waals surface area contributed by atoms with Gasteiger partial charge in [-0.25, -0.2) is 4.79 Å². The molecule has 0 aromatic heterocycles. The highest BCUT2D eigenvalue weighted by Crippen LogP contribution is 2.28. The number of carbonyl (C=O) groups is 2. The van der Waals surface area contributed by atoms with Gasteiger partial charge in [0.25, 0.3) is 0 Å². The number of urea groups is 1. The maximum atomic E-state index is 11.8. The van der Waals surface area contributed by atoms with Crippen molar-refractivity contribution >= 4 is 12.0 Å². The molecule has 0 saturated heterocycles. The summed E-state index contributed by atoms with van der Waals surface area (Å²) in [5.74, 6) is -0.448. The van der Waals surface area contributed by atoms with E-state index in [1.165, 1.54) is 0 Å². The molecule has 2 aliphatic carbocycles. The summed E-state index contributed by atoms with van der Waals surface area (Å²) in [5, 5.41) is 14.9. The first-order chi connectivity index (χ1) is 9.65. The van der Waals surface area contributed by atoms with Gasteiger partial charge >= 0.3 is 12.0 Å². The van der Waals surface area contributed by atoms with Gasteiger partial charge in [0.1, 0.15) is 0 Å². The fraction of sp³-hybridized carbons (Fsp3) is 0.733. The summed E-state index contributed by atoms with van der Waals surface area (Å²) < 4.78 is 0. The molecule has 3 N–H and O–H groups in total. The van der Waals surface area contributed by atoms with Crippen LogP contribution in [0, 0.1) is 11.8 Å². The average molecular weight is 280 g/mol. The molecule has 0 bridgehead atoms. The van der Waals surface area contributed by atoms with Crippen molar-refractivity contribution in [3.8, 4) is 0 Å². The number of nitrogens with one attached hydrogen (secondary N) is 2. The molecule has 112 valence electrons. The zero-order valence-corrected chi connectivity index (χ0v) is 11.8. The third kappa shape index (κ3) is 4.54. The SMILES string of the molecule is O=C(NCC1CCC(C(=O)O)CC1)NC1CC=CCC1. The molecule has 1 atom stereocenters. The molecule has 2 amide bonds. The van der Waals surface area contributed by atoms with Gasteiger partial charge in [0.15, 0.2) is 0 Å². The Morgan fingerprint density at radius 3 is 2.45 bits per heavy atom. The number of allylic oxidation sites excluding steroid dienone is 1. The highest BCUT2D eigenvalue weighted by molar-refractivity contribution is 5.74. The Balaban J connectivity index is 1.62. The topological polar surface area (TPSA) is 78.4 Å². The molecule has 0 aliphatic heterocycles. The van der Waals surface area contributed by atoms with Crippen LogP contribution in [-0.4, -0.2) is 29.7 Å². The van der Waals surface area contributed by atoms with E-state index < -0.39 is 5.97 Å². The zero-order valence-electron chi connectivity index (χ0n) is 11.8. The summed E-state index contributed by atoms with van der Waals surface area (Å²) in [6.07, 6.45) is 10.5. The summed E-state index contributed by atoms with van der Waals surface area (Å²) in [4.78, 5) is 22.6. The monoisotopic (exact) mass is 280 g/mol. The molecule has 20 heavy (non-hydrogen) atoms. The Labute approximate surface area is 119 Å². The fourth-order valence-electron chi connectivity index (χ4n) is 3.01. The van der Waals surface area contributed by atoms with Crippen molar-refractivity contribution in [2.75, 3.05) is 6.54 Å². The van der Waals surface area contributed by atoms with Crippen molar-refractivity contribution < 1.29 is 14.7 Å². The molecule has 0 heterocycles. The molecule has 1 saturated carbocycles. The summed E-state index contributed by atoms with van der Waals surface area (Å²) in [5.41, 5.74) is 0. The first-order valence-electron chi connectivity index (χ1n) is 7.57.